The van der Waals surface area contributed by atoms with E-state index in [0.29, 0.717) is 11.8 Å². The van der Waals surface area contributed by atoms with E-state index in [4.69, 9.17) is 4.74 Å². The average Bonchev–Trinajstić information content (AvgIpc) is 2.36. The zero-order valence-corrected chi connectivity index (χ0v) is 14.2. The SMILES string of the molecule is C=C[C@@]1(C)CC[C@H]2[C@@]3(C)CCC[C@](C)(O)[C@@H]3CC[C@@]2(C)O1. The first-order valence-electron chi connectivity index (χ1n) is 8.71. The predicted octanol–water partition coefficient (Wildman–Crippen LogP) is 4.47. The van der Waals surface area contributed by atoms with Gasteiger partial charge in [-0.05, 0) is 76.5 Å². The van der Waals surface area contributed by atoms with Crippen LogP contribution in [0, 0.1) is 17.3 Å². The fraction of sp³-hybridized carbons (Fsp3) is 0.895. The molecule has 0 amide bonds. The molecule has 2 heteroatoms. The van der Waals surface area contributed by atoms with Gasteiger partial charge in [0, 0.05) is 0 Å². The Balaban J connectivity index is 1.94. The van der Waals surface area contributed by atoms with Crippen molar-refractivity contribution in [2.45, 2.75) is 89.4 Å². The molecule has 1 N–H and O–H groups in total. The molecule has 0 unspecified atom stereocenters. The van der Waals surface area contributed by atoms with Gasteiger partial charge in [-0.15, -0.1) is 6.58 Å². The second kappa shape index (κ2) is 4.58. The monoisotopic (exact) mass is 292 g/mol. The van der Waals surface area contributed by atoms with E-state index in [1.54, 1.807) is 0 Å². The van der Waals surface area contributed by atoms with Crippen LogP contribution in [0.3, 0.4) is 0 Å². The van der Waals surface area contributed by atoms with Gasteiger partial charge in [0.15, 0.2) is 0 Å². The summed E-state index contributed by atoms with van der Waals surface area (Å²) < 4.78 is 6.60. The minimum atomic E-state index is -0.493. The lowest BCUT2D eigenvalue weighted by Gasteiger charge is -2.64. The molecule has 2 nitrogen and oxygen atoms in total. The topological polar surface area (TPSA) is 29.5 Å². The van der Waals surface area contributed by atoms with Crippen LogP contribution in [0.2, 0.25) is 0 Å². The third-order valence-electron chi connectivity index (χ3n) is 7.24. The molecule has 2 saturated carbocycles. The molecule has 0 aromatic carbocycles. The van der Waals surface area contributed by atoms with Crippen LogP contribution in [0.15, 0.2) is 12.7 Å². The molecule has 0 bridgehead atoms. The van der Waals surface area contributed by atoms with Gasteiger partial charge >= 0.3 is 0 Å². The Labute approximate surface area is 130 Å². The van der Waals surface area contributed by atoms with Gasteiger partial charge < -0.3 is 9.84 Å². The number of hydrogen-bond donors (Lipinski definition) is 1. The van der Waals surface area contributed by atoms with Crippen LogP contribution in [0.5, 0.6) is 0 Å². The fourth-order valence-electron chi connectivity index (χ4n) is 6.16. The van der Waals surface area contributed by atoms with Crippen LogP contribution >= 0.6 is 0 Å². The maximum absolute atomic E-state index is 10.9. The Morgan fingerprint density at radius 2 is 1.67 bits per heavy atom. The van der Waals surface area contributed by atoms with Crippen molar-refractivity contribution in [1.29, 1.82) is 0 Å². The number of rotatable bonds is 1. The van der Waals surface area contributed by atoms with E-state index in [1.807, 2.05) is 6.08 Å². The van der Waals surface area contributed by atoms with E-state index in [9.17, 15) is 5.11 Å². The molecule has 0 spiro atoms. The Morgan fingerprint density at radius 3 is 2.33 bits per heavy atom. The van der Waals surface area contributed by atoms with Crippen molar-refractivity contribution in [3.05, 3.63) is 12.7 Å². The summed E-state index contributed by atoms with van der Waals surface area (Å²) in [5, 5.41) is 10.9. The Morgan fingerprint density at radius 1 is 1.00 bits per heavy atom. The molecule has 3 fully saturated rings. The molecule has 1 heterocycles. The molecule has 6 atom stereocenters. The van der Waals surface area contributed by atoms with Crippen LogP contribution in [0.1, 0.15) is 72.6 Å². The summed E-state index contributed by atoms with van der Waals surface area (Å²) in [5.74, 6) is 0.983. The number of hydrogen-bond acceptors (Lipinski definition) is 2. The molecule has 0 aromatic heterocycles. The van der Waals surface area contributed by atoms with E-state index < -0.39 is 5.60 Å². The summed E-state index contributed by atoms with van der Waals surface area (Å²) in [6, 6.07) is 0. The maximum atomic E-state index is 10.9. The highest BCUT2D eigenvalue weighted by molar-refractivity contribution is 5.13. The summed E-state index contributed by atoms with van der Waals surface area (Å²) in [5.41, 5.74) is -0.504. The van der Waals surface area contributed by atoms with Crippen LogP contribution in [0.25, 0.3) is 0 Å². The molecule has 1 aliphatic heterocycles. The third kappa shape index (κ3) is 2.21. The van der Waals surface area contributed by atoms with Gasteiger partial charge in [-0.2, -0.15) is 0 Å². The summed E-state index contributed by atoms with van der Waals surface area (Å²) >= 11 is 0. The molecule has 3 rings (SSSR count). The second-order valence-corrected chi connectivity index (χ2v) is 8.83. The first-order valence-corrected chi connectivity index (χ1v) is 8.71. The Bertz CT molecular complexity index is 443. The minimum Gasteiger partial charge on any atom is -0.390 e. The molecule has 0 aromatic rings. The van der Waals surface area contributed by atoms with Crippen molar-refractivity contribution in [2.75, 3.05) is 0 Å². The lowest BCUT2D eigenvalue weighted by Crippen LogP contribution is -2.64. The van der Waals surface area contributed by atoms with Gasteiger partial charge in [0.1, 0.15) is 0 Å². The minimum absolute atomic E-state index is 0.0557. The van der Waals surface area contributed by atoms with Crippen molar-refractivity contribution in [2.24, 2.45) is 17.3 Å². The van der Waals surface area contributed by atoms with Crippen molar-refractivity contribution < 1.29 is 9.84 Å². The largest absolute Gasteiger partial charge is 0.390 e. The quantitative estimate of drug-likeness (QED) is 0.723. The summed E-state index contributed by atoms with van der Waals surface area (Å²) in [6.07, 6.45) is 9.74. The molecule has 120 valence electrons. The molecule has 2 aliphatic carbocycles. The number of fused-ring (bicyclic) bond motifs is 3. The molecule has 21 heavy (non-hydrogen) atoms. The van der Waals surface area contributed by atoms with E-state index in [2.05, 4.69) is 34.3 Å². The van der Waals surface area contributed by atoms with Crippen molar-refractivity contribution >= 4 is 0 Å². The first kappa shape index (κ1) is 15.6. The molecular formula is C19H32O2. The van der Waals surface area contributed by atoms with Crippen LogP contribution in [-0.2, 0) is 4.74 Å². The Hall–Kier alpha value is -0.340. The molecule has 1 saturated heterocycles. The predicted molar refractivity (Wildman–Crippen MR) is 86.1 cm³/mol. The van der Waals surface area contributed by atoms with Gasteiger partial charge in [0.05, 0.1) is 16.8 Å². The summed E-state index contributed by atoms with van der Waals surface area (Å²) in [6.45, 7) is 13.0. The molecule has 0 radical (unpaired) electrons. The van der Waals surface area contributed by atoms with E-state index >= 15 is 0 Å². The lowest BCUT2D eigenvalue weighted by molar-refractivity contribution is -0.261. The van der Waals surface area contributed by atoms with E-state index in [1.165, 1.54) is 12.8 Å². The zero-order chi connectivity index (χ0) is 15.5. The highest BCUT2D eigenvalue weighted by Gasteiger charge is 2.61. The summed E-state index contributed by atoms with van der Waals surface area (Å²) in [7, 11) is 0. The van der Waals surface area contributed by atoms with Crippen LogP contribution in [0.4, 0.5) is 0 Å². The third-order valence-corrected chi connectivity index (χ3v) is 7.24. The van der Waals surface area contributed by atoms with Gasteiger partial charge in [-0.3, -0.25) is 0 Å². The molecule has 3 aliphatic rings. The second-order valence-electron chi connectivity index (χ2n) is 8.83. The fourth-order valence-corrected chi connectivity index (χ4v) is 6.16. The van der Waals surface area contributed by atoms with Gasteiger partial charge in [-0.1, -0.05) is 19.4 Å². The van der Waals surface area contributed by atoms with E-state index in [0.717, 1.165) is 32.1 Å². The molecular weight excluding hydrogens is 260 g/mol. The van der Waals surface area contributed by atoms with Crippen molar-refractivity contribution in [3.8, 4) is 0 Å². The first-order chi connectivity index (χ1) is 9.65. The van der Waals surface area contributed by atoms with Crippen molar-refractivity contribution in [1.82, 2.24) is 0 Å². The summed E-state index contributed by atoms with van der Waals surface area (Å²) in [4.78, 5) is 0. The smallest absolute Gasteiger partial charge is 0.0839 e. The lowest BCUT2D eigenvalue weighted by atomic mass is 9.46. The average molecular weight is 292 g/mol. The highest BCUT2D eigenvalue weighted by Crippen LogP contribution is 2.63. The Kier molecular flexibility index (Phi) is 3.39. The zero-order valence-electron chi connectivity index (χ0n) is 14.2. The standard InChI is InChI=1S/C19H32O2/c1-6-16(2)12-8-15-17(3)10-7-11-18(4,20)14(17)9-13-19(15,5)21-16/h6,14-15,20H,1,7-13H2,2-5H3/t14-,15+,16+,17+,18+,19-/m1/s1. The highest BCUT2D eigenvalue weighted by atomic mass is 16.5. The number of ether oxygens (including phenoxy) is 1. The van der Waals surface area contributed by atoms with Crippen LogP contribution in [-0.4, -0.2) is 21.9 Å². The van der Waals surface area contributed by atoms with Crippen LogP contribution < -0.4 is 0 Å². The van der Waals surface area contributed by atoms with Gasteiger partial charge in [-0.25, -0.2) is 0 Å². The maximum Gasteiger partial charge on any atom is 0.0839 e. The van der Waals surface area contributed by atoms with E-state index in [-0.39, 0.29) is 16.6 Å². The van der Waals surface area contributed by atoms with Gasteiger partial charge in [0.25, 0.3) is 0 Å². The number of aliphatic hydroxyl groups is 1. The van der Waals surface area contributed by atoms with Crippen molar-refractivity contribution in [3.63, 3.8) is 0 Å². The van der Waals surface area contributed by atoms with Gasteiger partial charge in [0.2, 0.25) is 0 Å². The normalized spacial score (nSPS) is 57.2.